The van der Waals surface area contributed by atoms with E-state index in [1.165, 1.54) is 12.1 Å². The molecule has 1 saturated carbocycles. The largest absolute Gasteiger partial charge is 0.481 e. The summed E-state index contributed by atoms with van der Waals surface area (Å²) >= 11 is 0. The molecule has 1 aromatic carbocycles. The van der Waals surface area contributed by atoms with Gasteiger partial charge in [-0.2, -0.15) is 0 Å². The first-order valence-corrected chi connectivity index (χ1v) is 7.46. The highest BCUT2D eigenvalue weighted by molar-refractivity contribution is 5.66. The summed E-state index contributed by atoms with van der Waals surface area (Å²) in [7, 11) is 0. The summed E-state index contributed by atoms with van der Waals surface area (Å²) in [5.74, 6) is -1.86. The lowest BCUT2D eigenvalue weighted by Gasteiger charge is -2.31. The van der Waals surface area contributed by atoms with Crippen LogP contribution in [0.1, 0.15) is 50.5 Å². The van der Waals surface area contributed by atoms with E-state index in [2.05, 4.69) is 5.32 Å². The van der Waals surface area contributed by atoms with Gasteiger partial charge in [-0.05, 0) is 38.3 Å². The Morgan fingerprint density at radius 1 is 1.24 bits per heavy atom. The number of hydrogen-bond donors (Lipinski definition) is 2. The number of benzene rings is 1. The molecule has 0 aromatic heterocycles. The highest BCUT2D eigenvalue weighted by Gasteiger charge is 2.37. The van der Waals surface area contributed by atoms with Crippen LogP contribution in [0.4, 0.5) is 8.78 Å². The Kier molecular flexibility index (Phi) is 5.28. The maximum Gasteiger partial charge on any atom is 0.303 e. The van der Waals surface area contributed by atoms with Crippen LogP contribution in [0, 0.1) is 11.6 Å². The van der Waals surface area contributed by atoms with E-state index in [-0.39, 0.29) is 6.42 Å². The van der Waals surface area contributed by atoms with Gasteiger partial charge >= 0.3 is 5.97 Å². The van der Waals surface area contributed by atoms with Crippen molar-refractivity contribution in [3.8, 4) is 0 Å². The van der Waals surface area contributed by atoms with Gasteiger partial charge in [0.05, 0.1) is 0 Å². The van der Waals surface area contributed by atoms with Crippen molar-refractivity contribution in [2.24, 2.45) is 0 Å². The van der Waals surface area contributed by atoms with Gasteiger partial charge in [-0.1, -0.05) is 18.9 Å². The Balaban J connectivity index is 2.01. The molecular weight excluding hydrogens is 276 g/mol. The van der Waals surface area contributed by atoms with Crippen molar-refractivity contribution >= 4 is 5.97 Å². The van der Waals surface area contributed by atoms with Crippen LogP contribution in [-0.4, -0.2) is 17.6 Å². The molecule has 5 heteroatoms. The summed E-state index contributed by atoms with van der Waals surface area (Å²) < 4.78 is 27.1. The first kappa shape index (κ1) is 15.9. The Morgan fingerprint density at radius 3 is 2.57 bits per heavy atom. The Hall–Kier alpha value is -1.49. The fourth-order valence-electron chi connectivity index (χ4n) is 3.13. The number of aliphatic carboxylic acids is 1. The lowest BCUT2D eigenvalue weighted by atomic mass is 9.87. The summed E-state index contributed by atoms with van der Waals surface area (Å²) in [6, 6.07) is 3.76. The zero-order valence-corrected chi connectivity index (χ0v) is 12.0. The molecule has 0 bridgehead atoms. The van der Waals surface area contributed by atoms with Gasteiger partial charge in [-0.3, -0.25) is 4.79 Å². The van der Waals surface area contributed by atoms with Crippen LogP contribution in [0.25, 0.3) is 0 Å². The van der Waals surface area contributed by atoms with E-state index in [4.69, 9.17) is 5.11 Å². The van der Waals surface area contributed by atoms with Crippen LogP contribution >= 0.6 is 0 Å². The summed E-state index contributed by atoms with van der Waals surface area (Å²) in [4.78, 5) is 10.5. The van der Waals surface area contributed by atoms with Gasteiger partial charge < -0.3 is 10.4 Å². The SMILES string of the molecule is O=C(O)CCCCNC1(c2ccc(F)cc2F)CCCC1. The molecule has 0 heterocycles. The van der Waals surface area contributed by atoms with E-state index in [0.29, 0.717) is 18.5 Å². The van der Waals surface area contributed by atoms with Gasteiger partial charge in [0, 0.05) is 23.6 Å². The summed E-state index contributed by atoms with van der Waals surface area (Å²) in [6.45, 7) is 0.643. The molecular formula is C16H21F2NO2. The molecule has 0 aliphatic heterocycles. The maximum atomic E-state index is 14.1. The van der Waals surface area contributed by atoms with Crippen LogP contribution in [0.2, 0.25) is 0 Å². The van der Waals surface area contributed by atoms with Crippen molar-refractivity contribution in [2.75, 3.05) is 6.54 Å². The van der Waals surface area contributed by atoms with Gasteiger partial charge in [0.25, 0.3) is 0 Å². The number of rotatable bonds is 7. The highest BCUT2D eigenvalue weighted by Crippen LogP contribution is 2.40. The number of hydrogen-bond acceptors (Lipinski definition) is 2. The molecule has 21 heavy (non-hydrogen) atoms. The minimum atomic E-state index is -0.796. The van der Waals surface area contributed by atoms with E-state index in [1.807, 2.05) is 0 Å². The molecule has 2 N–H and O–H groups in total. The molecule has 1 aliphatic carbocycles. The lowest BCUT2D eigenvalue weighted by molar-refractivity contribution is -0.137. The van der Waals surface area contributed by atoms with Crippen molar-refractivity contribution in [1.82, 2.24) is 5.32 Å². The normalized spacial score (nSPS) is 17.0. The average Bonchev–Trinajstić information content (AvgIpc) is 2.87. The van der Waals surface area contributed by atoms with Crippen LogP contribution in [0.15, 0.2) is 18.2 Å². The standard InChI is InChI=1S/C16H21F2NO2/c17-12-6-7-13(14(18)11-12)16(8-2-3-9-16)19-10-4-1-5-15(20)21/h6-7,11,19H,1-5,8-10H2,(H,20,21). The molecule has 1 aliphatic rings. The molecule has 0 saturated heterocycles. The summed E-state index contributed by atoms with van der Waals surface area (Å²) in [5, 5.41) is 12.0. The third kappa shape index (κ3) is 4.00. The molecule has 1 fully saturated rings. The molecule has 0 amide bonds. The third-order valence-electron chi connectivity index (χ3n) is 4.18. The number of carbonyl (C=O) groups is 1. The minimum absolute atomic E-state index is 0.152. The van der Waals surface area contributed by atoms with Crippen molar-refractivity contribution in [1.29, 1.82) is 0 Å². The van der Waals surface area contributed by atoms with E-state index < -0.39 is 23.1 Å². The molecule has 0 unspecified atom stereocenters. The fraction of sp³-hybridized carbons (Fsp3) is 0.562. The second-order valence-corrected chi connectivity index (χ2v) is 5.69. The monoisotopic (exact) mass is 297 g/mol. The molecule has 1 aromatic rings. The van der Waals surface area contributed by atoms with Crippen LogP contribution in [0.3, 0.4) is 0 Å². The first-order valence-electron chi connectivity index (χ1n) is 7.46. The van der Waals surface area contributed by atoms with Gasteiger partial charge in [0.1, 0.15) is 11.6 Å². The fourth-order valence-corrected chi connectivity index (χ4v) is 3.13. The van der Waals surface area contributed by atoms with Crippen LogP contribution < -0.4 is 5.32 Å². The van der Waals surface area contributed by atoms with Crippen LogP contribution in [0.5, 0.6) is 0 Å². The molecule has 0 spiro atoms. The van der Waals surface area contributed by atoms with Gasteiger partial charge in [0.15, 0.2) is 0 Å². The zero-order valence-electron chi connectivity index (χ0n) is 12.0. The molecule has 116 valence electrons. The number of carboxylic acid groups (broad SMARTS) is 1. The Labute approximate surface area is 123 Å². The second kappa shape index (κ2) is 6.98. The number of unbranched alkanes of at least 4 members (excludes halogenated alkanes) is 1. The maximum absolute atomic E-state index is 14.1. The van der Waals surface area contributed by atoms with E-state index in [0.717, 1.165) is 38.2 Å². The van der Waals surface area contributed by atoms with Crippen molar-refractivity contribution < 1.29 is 18.7 Å². The Bertz CT molecular complexity index is 499. The highest BCUT2D eigenvalue weighted by atomic mass is 19.1. The smallest absolute Gasteiger partial charge is 0.303 e. The molecule has 0 atom stereocenters. The number of halogens is 2. The number of nitrogens with one attached hydrogen (secondary N) is 1. The quantitative estimate of drug-likeness (QED) is 0.756. The first-order chi connectivity index (χ1) is 10.0. The predicted octanol–water partition coefficient (Wildman–Crippen LogP) is 3.58. The lowest BCUT2D eigenvalue weighted by Crippen LogP contribution is -2.41. The summed E-state index contributed by atoms with van der Waals surface area (Å²) in [5.41, 5.74) is 0.0979. The van der Waals surface area contributed by atoms with Crippen molar-refractivity contribution in [3.63, 3.8) is 0 Å². The van der Waals surface area contributed by atoms with E-state index in [9.17, 15) is 13.6 Å². The minimum Gasteiger partial charge on any atom is -0.481 e. The predicted molar refractivity (Wildman–Crippen MR) is 76.0 cm³/mol. The van der Waals surface area contributed by atoms with Gasteiger partial charge in [-0.15, -0.1) is 0 Å². The summed E-state index contributed by atoms with van der Waals surface area (Å²) in [6.07, 6.45) is 5.17. The van der Waals surface area contributed by atoms with E-state index in [1.54, 1.807) is 0 Å². The molecule has 0 radical (unpaired) electrons. The number of carboxylic acids is 1. The third-order valence-corrected chi connectivity index (χ3v) is 4.18. The topological polar surface area (TPSA) is 49.3 Å². The average molecular weight is 297 g/mol. The van der Waals surface area contributed by atoms with Crippen molar-refractivity contribution in [3.05, 3.63) is 35.4 Å². The molecule has 2 rings (SSSR count). The zero-order chi connectivity index (χ0) is 15.3. The molecule has 3 nitrogen and oxygen atoms in total. The van der Waals surface area contributed by atoms with Crippen molar-refractivity contribution in [2.45, 2.75) is 50.5 Å². The van der Waals surface area contributed by atoms with Gasteiger partial charge in [0.2, 0.25) is 0 Å². The van der Waals surface area contributed by atoms with Gasteiger partial charge in [-0.25, -0.2) is 8.78 Å². The van der Waals surface area contributed by atoms with Crippen LogP contribution in [-0.2, 0) is 10.3 Å². The van der Waals surface area contributed by atoms with E-state index >= 15 is 0 Å². The second-order valence-electron chi connectivity index (χ2n) is 5.69. The Morgan fingerprint density at radius 2 is 1.95 bits per heavy atom.